The Bertz CT molecular complexity index is 1810. The molecule has 2 nitrogen and oxygen atoms in total. The van der Waals surface area contributed by atoms with E-state index in [0.717, 1.165) is 32.9 Å². The lowest BCUT2D eigenvalue weighted by Gasteiger charge is -2.36. The average Bonchev–Trinajstić information content (AvgIpc) is 3.32. The number of hydrogen-bond donors (Lipinski definition) is 0. The second-order valence-electron chi connectivity index (χ2n) is 11.3. The Morgan fingerprint density at radius 3 is 2.23 bits per heavy atom. The number of imidazole rings is 1. The predicted octanol–water partition coefficient (Wildman–Crippen LogP) is 10.0. The summed E-state index contributed by atoms with van der Waals surface area (Å²) in [5.74, 6) is 0.609. The van der Waals surface area contributed by atoms with E-state index in [1.807, 2.05) is 59.2 Å². The lowest BCUT2D eigenvalue weighted by atomic mass is 9.82. The van der Waals surface area contributed by atoms with Gasteiger partial charge in [-0.25, -0.2) is 4.98 Å². The van der Waals surface area contributed by atoms with E-state index >= 15 is 0 Å². The molecule has 0 radical (unpaired) electrons. The van der Waals surface area contributed by atoms with E-state index in [1.54, 1.807) is 12.1 Å². The predicted molar refractivity (Wildman–Crippen MR) is 158 cm³/mol. The second kappa shape index (κ2) is 9.38. The number of halogens is 4. The molecule has 0 saturated carbocycles. The quantitative estimate of drug-likeness (QED) is 0.202. The average molecular weight is 557 g/mol. The number of allylic oxidation sites excluding steroid dienone is 4. The minimum absolute atomic E-state index is 0.0583. The van der Waals surface area contributed by atoms with Crippen molar-refractivity contribution >= 4 is 39.0 Å². The molecule has 6 heteroatoms. The Labute approximate surface area is 236 Å². The van der Waals surface area contributed by atoms with Gasteiger partial charge in [-0.15, -0.1) is 0 Å². The van der Waals surface area contributed by atoms with E-state index in [0.29, 0.717) is 17.0 Å². The van der Waals surface area contributed by atoms with Gasteiger partial charge in [0.25, 0.3) is 0 Å². The zero-order valence-corrected chi connectivity index (χ0v) is 23.2. The number of para-hydroxylation sites is 2. The van der Waals surface area contributed by atoms with Gasteiger partial charge in [0.15, 0.2) is 0 Å². The van der Waals surface area contributed by atoms with Crippen LogP contribution < -0.4 is 0 Å². The van der Waals surface area contributed by atoms with E-state index in [2.05, 4.69) is 45.0 Å². The van der Waals surface area contributed by atoms with Gasteiger partial charge in [-0.2, -0.15) is 13.2 Å². The summed E-state index contributed by atoms with van der Waals surface area (Å²) in [5.41, 5.74) is 3.65. The minimum Gasteiger partial charge on any atom is -0.300 e. The van der Waals surface area contributed by atoms with Gasteiger partial charge in [0.2, 0.25) is 0 Å². The van der Waals surface area contributed by atoms with Crippen LogP contribution in [-0.4, -0.2) is 15.7 Å². The maximum absolute atomic E-state index is 14.0. The summed E-state index contributed by atoms with van der Waals surface area (Å²) in [6, 6.07) is 29.2. The lowest BCUT2D eigenvalue weighted by molar-refractivity contribution is -0.0886. The Morgan fingerprint density at radius 1 is 0.825 bits per heavy atom. The first kappa shape index (κ1) is 26.4. The third kappa shape index (κ3) is 4.43. The number of alkyl halides is 4. The highest BCUT2D eigenvalue weighted by Gasteiger charge is 2.44. The van der Waals surface area contributed by atoms with Crippen molar-refractivity contribution in [1.82, 2.24) is 9.55 Å². The fraction of sp³-hybridized carbons (Fsp3) is 0.206. The number of fused-ring (bicyclic) bond motifs is 2. The molecule has 1 atom stereocenters. The summed E-state index contributed by atoms with van der Waals surface area (Å²) in [6.07, 6.45) is -2.17. The van der Waals surface area contributed by atoms with Crippen LogP contribution in [0.5, 0.6) is 0 Å². The summed E-state index contributed by atoms with van der Waals surface area (Å²) in [4.78, 5) is 3.69. The summed E-state index contributed by atoms with van der Waals surface area (Å²) in [6.45, 7) is 6.52. The molecule has 0 saturated heterocycles. The first-order chi connectivity index (χ1) is 19.0. The number of aromatic nitrogens is 2. The van der Waals surface area contributed by atoms with Crippen molar-refractivity contribution in [2.45, 2.75) is 43.8 Å². The molecule has 1 aliphatic rings. The molecule has 0 amide bonds. The molecule has 40 heavy (non-hydrogen) atoms. The molecule has 0 aliphatic heterocycles. The SMILES string of the molecule is CC(C)(C)c1cc(-c2nc3ccccc3n2C2(Cl)CC=C(C(F)(F)F)C=C2c2ccccc2)cc2ccccc12. The first-order valence-corrected chi connectivity index (χ1v) is 13.6. The maximum atomic E-state index is 14.0. The fourth-order valence-electron chi connectivity index (χ4n) is 5.65. The zero-order valence-electron chi connectivity index (χ0n) is 22.4. The third-order valence-corrected chi connectivity index (χ3v) is 8.09. The van der Waals surface area contributed by atoms with E-state index < -0.39 is 16.7 Å². The topological polar surface area (TPSA) is 17.8 Å². The number of nitrogens with zero attached hydrogens (tertiary/aromatic N) is 2. The molecule has 6 rings (SSSR count). The van der Waals surface area contributed by atoms with Gasteiger partial charge in [-0.3, -0.25) is 4.57 Å². The van der Waals surface area contributed by atoms with E-state index in [9.17, 15) is 13.2 Å². The van der Waals surface area contributed by atoms with Gasteiger partial charge in [0.05, 0.1) is 16.6 Å². The molecule has 0 spiro atoms. The Balaban J connectivity index is 1.67. The summed E-state index contributed by atoms with van der Waals surface area (Å²) in [7, 11) is 0. The molecule has 1 aliphatic carbocycles. The van der Waals surface area contributed by atoms with Gasteiger partial charge in [0, 0.05) is 17.6 Å². The first-order valence-electron chi connectivity index (χ1n) is 13.2. The molecule has 0 bridgehead atoms. The van der Waals surface area contributed by atoms with Crippen molar-refractivity contribution in [1.29, 1.82) is 0 Å². The molecular weight excluding hydrogens is 529 g/mol. The fourth-order valence-corrected chi connectivity index (χ4v) is 6.06. The van der Waals surface area contributed by atoms with Gasteiger partial charge >= 0.3 is 6.18 Å². The number of hydrogen-bond acceptors (Lipinski definition) is 1. The standard InChI is InChI=1S/C34H28ClF3N2/c1-32(2,3)28-20-24(19-23-13-7-8-14-26(23)28)31-39-29-15-9-10-16-30(29)40(31)33(35)18-17-25(34(36,37)38)21-27(33)22-11-5-4-6-12-22/h4-17,19-21H,18H2,1-3H3. The number of benzene rings is 4. The van der Waals surface area contributed by atoms with Crippen LogP contribution >= 0.6 is 11.6 Å². The van der Waals surface area contributed by atoms with Gasteiger partial charge in [0.1, 0.15) is 10.8 Å². The summed E-state index contributed by atoms with van der Waals surface area (Å²) < 4.78 is 43.8. The smallest absolute Gasteiger partial charge is 0.300 e. The molecule has 0 fully saturated rings. The molecule has 0 N–H and O–H groups in total. The van der Waals surface area contributed by atoms with Crippen LogP contribution in [0.25, 0.3) is 38.8 Å². The normalized spacial score (nSPS) is 18.2. The Morgan fingerprint density at radius 2 is 1.50 bits per heavy atom. The highest BCUT2D eigenvalue weighted by atomic mass is 35.5. The van der Waals surface area contributed by atoms with E-state index in [1.165, 1.54) is 12.2 Å². The van der Waals surface area contributed by atoms with Gasteiger partial charge < -0.3 is 0 Å². The monoisotopic (exact) mass is 556 g/mol. The van der Waals surface area contributed by atoms with Crippen molar-refractivity contribution in [2.24, 2.45) is 0 Å². The molecular formula is C34H28ClF3N2. The highest BCUT2D eigenvalue weighted by Crippen LogP contribution is 2.50. The van der Waals surface area contributed by atoms with E-state index in [-0.39, 0.29) is 11.8 Å². The molecule has 1 heterocycles. The summed E-state index contributed by atoms with van der Waals surface area (Å²) >= 11 is 7.58. The zero-order chi connectivity index (χ0) is 28.3. The van der Waals surface area contributed by atoms with Crippen molar-refractivity contribution in [3.63, 3.8) is 0 Å². The third-order valence-electron chi connectivity index (χ3n) is 7.56. The van der Waals surface area contributed by atoms with Crippen LogP contribution in [0.1, 0.15) is 38.3 Å². The lowest BCUT2D eigenvalue weighted by Crippen LogP contribution is -2.32. The summed E-state index contributed by atoms with van der Waals surface area (Å²) in [5, 5.41) is 2.22. The maximum Gasteiger partial charge on any atom is 0.416 e. The van der Waals surface area contributed by atoms with Crippen LogP contribution in [0.3, 0.4) is 0 Å². The molecule has 1 unspecified atom stereocenters. The minimum atomic E-state index is -4.49. The van der Waals surface area contributed by atoms with E-state index in [4.69, 9.17) is 16.6 Å². The van der Waals surface area contributed by atoms with Crippen molar-refractivity contribution in [3.05, 3.63) is 120 Å². The second-order valence-corrected chi connectivity index (χ2v) is 11.9. The van der Waals surface area contributed by atoms with Gasteiger partial charge in [-0.05, 0) is 57.7 Å². The van der Waals surface area contributed by atoms with Crippen LogP contribution in [0.15, 0.2) is 109 Å². The largest absolute Gasteiger partial charge is 0.416 e. The van der Waals surface area contributed by atoms with Crippen molar-refractivity contribution < 1.29 is 13.2 Å². The van der Waals surface area contributed by atoms with Gasteiger partial charge in [-0.1, -0.05) is 105 Å². The Kier molecular flexibility index (Phi) is 6.19. The molecule has 202 valence electrons. The van der Waals surface area contributed by atoms with Crippen molar-refractivity contribution in [2.75, 3.05) is 0 Å². The molecule has 5 aromatic rings. The van der Waals surface area contributed by atoms with Crippen molar-refractivity contribution in [3.8, 4) is 11.4 Å². The molecule has 4 aromatic carbocycles. The number of rotatable bonds is 3. The Hall–Kier alpha value is -3.83. The van der Waals surface area contributed by atoms with Crippen LogP contribution in [-0.2, 0) is 10.4 Å². The molecule has 1 aromatic heterocycles. The highest BCUT2D eigenvalue weighted by molar-refractivity contribution is 6.29. The van der Waals surface area contributed by atoms with Crippen LogP contribution in [0.4, 0.5) is 13.2 Å². The van der Waals surface area contributed by atoms with Crippen LogP contribution in [0, 0.1) is 0 Å². The van der Waals surface area contributed by atoms with Crippen LogP contribution in [0.2, 0.25) is 0 Å².